The first-order chi connectivity index (χ1) is 9.60. The molecule has 2 unspecified atom stereocenters. The largest absolute Gasteiger partial charge is 0.383 e. The van der Waals surface area contributed by atoms with E-state index in [-0.39, 0.29) is 16.8 Å². The second-order valence-electron chi connectivity index (χ2n) is 5.76. The second kappa shape index (κ2) is 5.33. The molecule has 3 rings (SSSR count). The Morgan fingerprint density at radius 2 is 1.95 bits per heavy atom. The van der Waals surface area contributed by atoms with Crippen LogP contribution in [0.5, 0.6) is 0 Å². The van der Waals surface area contributed by atoms with Gasteiger partial charge in [-0.15, -0.1) is 0 Å². The van der Waals surface area contributed by atoms with Crippen molar-refractivity contribution < 1.29 is 8.42 Å². The van der Waals surface area contributed by atoms with E-state index in [9.17, 15) is 8.42 Å². The van der Waals surface area contributed by atoms with Gasteiger partial charge in [0.2, 0.25) is 10.0 Å². The minimum absolute atomic E-state index is 0.102. The third-order valence-electron chi connectivity index (χ3n) is 4.58. The standard InChI is InChI=1S/C14H21N3O2S/c15-14-13(8-3-9-16-14)20(18,19)17-10-4-6-11-5-1-2-7-12(11)17/h3,8-9,11-12H,1-2,4-7,10H2,(H2,15,16). The molecule has 20 heavy (non-hydrogen) atoms. The SMILES string of the molecule is Nc1ncccc1S(=O)(=O)N1CCCC2CCCCC21. The van der Waals surface area contributed by atoms with Gasteiger partial charge in [-0.2, -0.15) is 4.31 Å². The van der Waals surface area contributed by atoms with Gasteiger partial charge in [0.05, 0.1) is 0 Å². The van der Waals surface area contributed by atoms with Crippen molar-refractivity contribution in [2.45, 2.75) is 49.5 Å². The number of sulfonamides is 1. The molecule has 6 heteroatoms. The molecule has 1 saturated heterocycles. The molecule has 1 aromatic heterocycles. The molecule has 0 bridgehead atoms. The fraction of sp³-hybridized carbons (Fsp3) is 0.643. The van der Waals surface area contributed by atoms with E-state index in [1.807, 2.05) is 0 Å². The summed E-state index contributed by atoms with van der Waals surface area (Å²) >= 11 is 0. The van der Waals surface area contributed by atoms with Gasteiger partial charge in [-0.05, 0) is 43.7 Å². The van der Waals surface area contributed by atoms with E-state index in [0.717, 1.165) is 32.1 Å². The lowest BCUT2D eigenvalue weighted by molar-refractivity contribution is 0.129. The summed E-state index contributed by atoms with van der Waals surface area (Å²) < 4.78 is 27.4. The second-order valence-corrected chi connectivity index (χ2v) is 7.62. The summed E-state index contributed by atoms with van der Waals surface area (Å²) in [4.78, 5) is 4.07. The molecule has 0 radical (unpaired) electrons. The highest BCUT2D eigenvalue weighted by Crippen LogP contribution is 2.38. The monoisotopic (exact) mass is 295 g/mol. The highest BCUT2D eigenvalue weighted by Gasteiger charge is 2.40. The number of hydrogen-bond donors (Lipinski definition) is 1. The highest BCUT2D eigenvalue weighted by atomic mass is 32.2. The predicted molar refractivity (Wildman–Crippen MR) is 77.5 cm³/mol. The Bertz CT molecular complexity index is 586. The minimum atomic E-state index is -3.52. The van der Waals surface area contributed by atoms with Crippen LogP contribution in [0.4, 0.5) is 5.82 Å². The molecule has 0 spiro atoms. The van der Waals surface area contributed by atoms with Crippen LogP contribution in [0.15, 0.2) is 23.2 Å². The molecule has 2 N–H and O–H groups in total. The number of nitrogens with zero attached hydrogens (tertiary/aromatic N) is 2. The number of aromatic nitrogens is 1. The van der Waals surface area contributed by atoms with Crippen LogP contribution in [-0.2, 0) is 10.0 Å². The average molecular weight is 295 g/mol. The molecule has 2 atom stereocenters. The van der Waals surface area contributed by atoms with Crippen molar-refractivity contribution in [3.63, 3.8) is 0 Å². The van der Waals surface area contributed by atoms with Crippen LogP contribution in [0.1, 0.15) is 38.5 Å². The molecule has 0 amide bonds. The van der Waals surface area contributed by atoms with Crippen LogP contribution in [0.3, 0.4) is 0 Å². The van der Waals surface area contributed by atoms with E-state index in [4.69, 9.17) is 5.73 Å². The van der Waals surface area contributed by atoms with E-state index >= 15 is 0 Å². The topological polar surface area (TPSA) is 76.3 Å². The average Bonchev–Trinajstić information content (AvgIpc) is 2.47. The number of pyridine rings is 1. The number of nitrogen functional groups attached to an aromatic ring is 1. The van der Waals surface area contributed by atoms with Gasteiger partial charge >= 0.3 is 0 Å². The Morgan fingerprint density at radius 3 is 2.75 bits per heavy atom. The molecule has 2 fully saturated rings. The van der Waals surface area contributed by atoms with Crippen molar-refractivity contribution in [3.8, 4) is 0 Å². The smallest absolute Gasteiger partial charge is 0.246 e. The summed E-state index contributed by atoms with van der Waals surface area (Å²) in [5.74, 6) is 0.621. The maximum Gasteiger partial charge on any atom is 0.246 e. The van der Waals surface area contributed by atoms with Gasteiger partial charge in [0.1, 0.15) is 10.7 Å². The lowest BCUT2D eigenvalue weighted by atomic mass is 9.79. The molecular formula is C14H21N3O2S. The first-order valence-corrected chi connectivity index (χ1v) is 8.77. The molecule has 1 aromatic rings. The fourth-order valence-corrected chi connectivity index (χ4v) is 5.45. The third kappa shape index (κ3) is 2.31. The van der Waals surface area contributed by atoms with Crippen LogP contribution in [0.25, 0.3) is 0 Å². The van der Waals surface area contributed by atoms with Gasteiger partial charge in [-0.3, -0.25) is 0 Å². The van der Waals surface area contributed by atoms with Gasteiger partial charge in [0, 0.05) is 18.8 Å². The maximum absolute atomic E-state index is 12.9. The Kier molecular flexibility index (Phi) is 3.69. The lowest BCUT2D eigenvalue weighted by Gasteiger charge is -2.43. The Hall–Kier alpha value is -1.14. The molecule has 1 aliphatic carbocycles. The molecule has 0 aromatic carbocycles. The van der Waals surface area contributed by atoms with E-state index in [1.165, 1.54) is 12.6 Å². The van der Waals surface area contributed by atoms with E-state index in [2.05, 4.69) is 4.98 Å². The molecule has 1 aliphatic heterocycles. The zero-order valence-corrected chi connectivity index (χ0v) is 12.3. The van der Waals surface area contributed by atoms with Gasteiger partial charge in [-0.1, -0.05) is 12.8 Å². The van der Waals surface area contributed by atoms with Crippen LogP contribution in [-0.4, -0.2) is 30.3 Å². The van der Waals surface area contributed by atoms with Crippen molar-refractivity contribution in [2.75, 3.05) is 12.3 Å². The summed E-state index contributed by atoms with van der Waals surface area (Å²) in [7, 11) is -3.52. The number of anilines is 1. The lowest BCUT2D eigenvalue weighted by Crippen LogP contribution is -2.49. The number of hydrogen-bond acceptors (Lipinski definition) is 4. The summed E-state index contributed by atoms with van der Waals surface area (Å²) in [5, 5.41) is 0. The molecule has 2 heterocycles. The van der Waals surface area contributed by atoms with E-state index in [0.29, 0.717) is 12.5 Å². The molecule has 2 aliphatic rings. The van der Waals surface area contributed by atoms with E-state index in [1.54, 1.807) is 16.4 Å². The molecule has 5 nitrogen and oxygen atoms in total. The van der Waals surface area contributed by atoms with Crippen LogP contribution in [0, 0.1) is 5.92 Å². The van der Waals surface area contributed by atoms with Gasteiger partial charge in [0.25, 0.3) is 0 Å². The van der Waals surface area contributed by atoms with E-state index < -0.39 is 10.0 Å². The van der Waals surface area contributed by atoms with Gasteiger partial charge in [-0.25, -0.2) is 13.4 Å². The number of rotatable bonds is 2. The quantitative estimate of drug-likeness (QED) is 0.905. The van der Waals surface area contributed by atoms with Crippen molar-refractivity contribution in [3.05, 3.63) is 18.3 Å². The first kappa shape index (κ1) is 13.8. The maximum atomic E-state index is 12.9. The predicted octanol–water partition coefficient (Wildman–Crippen LogP) is 2.01. The zero-order valence-electron chi connectivity index (χ0n) is 11.5. The van der Waals surface area contributed by atoms with Gasteiger partial charge in [0.15, 0.2) is 0 Å². The molecule has 110 valence electrons. The Balaban J connectivity index is 1.96. The van der Waals surface area contributed by atoms with Crippen molar-refractivity contribution >= 4 is 15.8 Å². The van der Waals surface area contributed by atoms with Crippen molar-refractivity contribution in [1.82, 2.24) is 9.29 Å². The van der Waals surface area contributed by atoms with Crippen LogP contribution in [0.2, 0.25) is 0 Å². The first-order valence-electron chi connectivity index (χ1n) is 7.33. The summed E-state index contributed by atoms with van der Waals surface area (Å²) in [6, 6.07) is 3.34. The molecule has 1 saturated carbocycles. The number of fused-ring (bicyclic) bond motifs is 1. The fourth-order valence-electron chi connectivity index (χ4n) is 3.62. The molecular weight excluding hydrogens is 274 g/mol. The zero-order chi connectivity index (χ0) is 14.2. The minimum Gasteiger partial charge on any atom is -0.383 e. The normalized spacial score (nSPS) is 28.0. The highest BCUT2D eigenvalue weighted by molar-refractivity contribution is 7.89. The van der Waals surface area contributed by atoms with Crippen LogP contribution < -0.4 is 5.73 Å². The van der Waals surface area contributed by atoms with Crippen molar-refractivity contribution in [2.24, 2.45) is 5.92 Å². The number of piperidine rings is 1. The van der Waals surface area contributed by atoms with Gasteiger partial charge < -0.3 is 5.73 Å². The number of nitrogens with two attached hydrogens (primary N) is 1. The Morgan fingerprint density at radius 1 is 1.20 bits per heavy atom. The van der Waals surface area contributed by atoms with Crippen molar-refractivity contribution in [1.29, 1.82) is 0 Å². The third-order valence-corrected chi connectivity index (χ3v) is 6.55. The summed E-state index contributed by atoms with van der Waals surface area (Å²) in [5.41, 5.74) is 5.76. The Labute approximate surface area is 120 Å². The van der Waals surface area contributed by atoms with Crippen LogP contribution >= 0.6 is 0 Å². The summed E-state index contributed by atoms with van der Waals surface area (Å²) in [6.07, 6.45) is 8.09. The summed E-state index contributed by atoms with van der Waals surface area (Å²) in [6.45, 7) is 0.609.